The first-order valence-corrected chi connectivity index (χ1v) is 11.8. The highest BCUT2D eigenvalue weighted by Gasteiger charge is 2.70. The van der Waals surface area contributed by atoms with Gasteiger partial charge in [0.15, 0.2) is 3.74 Å². The van der Waals surface area contributed by atoms with Crippen molar-refractivity contribution >= 4 is 49.8 Å². The molecule has 2 saturated carbocycles. The minimum absolute atomic E-state index is 0.0793. The van der Waals surface area contributed by atoms with Crippen LogP contribution in [0.3, 0.4) is 0 Å². The average Bonchev–Trinajstić information content (AvgIpc) is 3.25. The number of alkyl halides is 2. The van der Waals surface area contributed by atoms with Crippen LogP contribution in [-0.4, -0.2) is 52.5 Å². The molecule has 0 aromatic carbocycles. The molecule has 28 heavy (non-hydrogen) atoms. The van der Waals surface area contributed by atoms with Crippen molar-refractivity contribution < 1.29 is 33.9 Å². The van der Waals surface area contributed by atoms with Gasteiger partial charge in [0.05, 0.1) is 24.9 Å². The van der Waals surface area contributed by atoms with E-state index in [1.807, 2.05) is 13.8 Å². The summed E-state index contributed by atoms with van der Waals surface area (Å²) in [5.74, 6) is -2.30. The van der Waals surface area contributed by atoms with E-state index in [0.717, 1.165) is 25.9 Å². The van der Waals surface area contributed by atoms with Crippen LogP contribution in [0.5, 0.6) is 0 Å². The van der Waals surface area contributed by atoms with Gasteiger partial charge in [-0.3, -0.25) is 9.59 Å². The number of hydrogen-bond acceptors (Lipinski definition) is 6. The summed E-state index contributed by atoms with van der Waals surface area (Å²) in [5, 5.41) is 2.28. The van der Waals surface area contributed by atoms with Gasteiger partial charge in [0, 0.05) is 30.6 Å². The molecule has 4 fully saturated rings. The molecule has 0 amide bonds. The molecule has 4 rings (SSSR count). The van der Waals surface area contributed by atoms with Gasteiger partial charge in [-0.2, -0.15) is 0 Å². The molecule has 2 aliphatic carbocycles. The molecule has 6 unspecified atom stereocenters. The normalized spacial score (nSPS) is 37.2. The monoisotopic (exact) mass is 522 g/mol. The zero-order chi connectivity index (χ0) is 20.2. The summed E-state index contributed by atoms with van der Waals surface area (Å²) >= 11 is 6.26. The molecular weight excluding hydrogens is 498 g/mol. The van der Waals surface area contributed by atoms with Crippen LogP contribution < -0.4 is 5.32 Å². The molecule has 6 atom stereocenters. The van der Waals surface area contributed by atoms with Gasteiger partial charge in [-0.05, 0) is 20.3 Å². The highest BCUT2D eigenvalue weighted by atomic mass is 79.9. The number of esters is 3. The van der Waals surface area contributed by atoms with Crippen LogP contribution in [0, 0.1) is 29.6 Å². The third kappa shape index (κ3) is 3.41. The molecule has 2 N–H and O–H groups in total. The molecule has 0 aromatic rings. The van der Waals surface area contributed by atoms with E-state index in [-0.39, 0.29) is 23.8 Å². The fourth-order valence-corrected chi connectivity index (χ4v) is 5.90. The Kier molecular flexibility index (Phi) is 5.55. The molecule has 2 saturated heterocycles. The number of piperidine rings is 1. The molecule has 7 nitrogen and oxygen atoms in total. The lowest BCUT2D eigenvalue weighted by Gasteiger charge is -2.38. The highest BCUT2D eigenvalue weighted by molar-refractivity contribution is 9.25. The maximum absolute atomic E-state index is 13.2. The number of rotatable bonds is 5. The van der Waals surface area contributed by atoms with Crippen LogP contribution in [-0.2, 0) is 28.6 Å². The van der Waals surface area contributed by atoms with Crippen LogP contribution in [0.1, 0.15) is 33.1 Å². The minimum Gasteiger partial charge on any atom is -0.459 e. The number of nitrogens with two attached hydrogens (primary N) is 1. The number of carbonyl (C=O) groups is 3. The molecular formula is C19H26Br2NO6+. The molecule has 9 heteroatoms. The maximum atomic E-state index is 13.2. The van der Waals surface area contributed by atoms with Crippen molar-refractivity contribution in [1.82, 2.24) is 0 Å². The Bertz CT molecular complexity index is 677. The third-order valence-electron chi connectivity index (χ3n) is 7.03. The van der Waals surface area contributed by atoms with Gasteiger partial charge >= 0.3 is 17.9 Å². The lowest BCUT2D eigenvalue weighted by Crippen LogP contribution is -2.86. The van der Waals surface area contributed by atoms with E-state index in [2.05, 4.69) is 37.2 Å². The maximum Gasteiger partial charge on any atom is 0.331 e. The summed E-state index contributed by atoms with van der Waals surface area (Å²) < 4.78 is 16.4. The average molecular weight is 524 g/mol. The zero-order valence-electron chi connectivity index (χ0n) is 15.9. The Morgan fingerprint density at radius 3 is 2.54 bits per heavy atom. The van der Waals surface area contributed by atoms with Gasteiger partial charge in [-0.1, -0.05) is 31.9 Å². The number of fused-ring (bicyclic) bond motifs is 1. The van der Waals surface area contributed by atoms with E-state index in [4.69, 9.17) is 14.2 Å². The number of hydrogen-bond donors (Lipinski definition) is 1. The highest BCUT2D eigenvalue weighted by Crippen LogP contribution is 2.59. The second-order valence-corrected chi connectivity index (χ2v) is 11.9. The first-order valence-electron chi connectivity index (χ1n) is 9.94. The fourth-order valence-electron chi connectivity index (χ4n) is 5.69. The van der Waals surface area contributed by atoms with E-state index in [9.17, 15) is 14.4 Å². The summed E-state index contributed by atoms with van der Waals surface area (Å²) in [4.78, 5) is 37.7. The van der Waals surface area contributed by atoms with Crippen LogP contribution in [0.25, 0.3) is 0 Å². The Balaban J connectivity index is 1.51. The Morgan fingerprint density at radius 2 is 1.89 bits per heavy atom. The van der Waals surface area contributed by atoms with Crippen molar-refractivity contribution in [3.8, 4) is 0 Å². The van der Waals surface area contributed by atoms with Crippen LogP contribution in [0.15, 0.2) is 0 Å². The number of quaternary nitrogens is 1. The molecule has 2 bridgehead atoms. The van der Waals surface area contributed by atoms with Crippen molar-refractivity contribution in [1.29, 1.82) is 0 Å². The van der Waals surface area contributed by atoms with Crippen molar-refractivity contribution in [2.75, 3.05) is 13.1 Å². The number of ether oxygens (including phenoxy) is 3. The van der Waals surface area contributed by atoms with Crippen molar-refractivity contribution in [3.63, 3.8) is 0 Å². The molecule has 2 heterocycles. The van der Waals surface area contributed by atoms with Crippen LogP contribution >= 0.6 is 31.9 Å². The predicted octanol–water partition coefficient (Wildman–Crippen LogP) is 1.12. The summed E-state index contributed by atoms with van der Waals surface area (Å²) in [6, 6.07) is 0. The molecule has 0 radical (unpaired) electrons. The second kappa shape index (κ2) is 7.54. The third-order valence-corrected chi connectivity index (χ3v) is 7.78. The smallest absolute Gasteiger partial charge is 0.331 e. The first kappa shape index (κ1) is 20.6. The number of carbonyl (C=O) groups excluding carboxylic acids is 3. The van der Waals surface area contributed by atoms with Crippen molar-refractivity contribution in [2.24, 2.45) is 29.6 Å². The Morgan fingerprint density at radius 1 is 1.21 bits per heavy atom. The summed E-state index contributed by atoms with van der Waals surface area (Å²) in [5.41, 5.74) is -0.585. The summed E-state index contributed by atoms with van der Waals surface area (Å²) in [7, 11) is 0. The summed E-state index contributed by atoms with van der Waals surface area (Å²) in [6.45, 7) is 5.99. The standard InChI is InChI=1S/C19H25Br2NO6/c1-19(2,8-3-5-22-6-4-8)28-17(24)12-10-7-9-11(12)16(23)26-13(9)14(10)27-18(25)15(20)21/h8-15,22H,3-7H2,1-2H3/p+1. The molecule has 0 aromatic heterocycles. The minimum atomic E-state index is -0.639. The lowest BCUT2D eigenvalue weighted by atomic mass is 9.78. The molecule has 2 aliphatic heterocycles. The SMILES string of the molecule is CC(C)(OC(=O)C1C2CC3C(OC(=O)C31)C2OC(=O)C(Br)Br)C1CC[NH2+]CC1. The predicted molar refractivity (Wildman–Crippen MR) is 105 cm³/mol. The van der Waals surface area contributed by atoms with E-state index < -0.39 is 39.4 Å². The van der Waals surface area contributed by atoms with E-state index in [0.29, 0.717) is 12.3 Å². The van der Waals surface area contributed by atoms with Gasteiger partial charge in [0.1, 0.15) is 17.8 Å². The van der Waals surface area contributed by atoms with Crippen LogP contribution in [0.2, 0.25) is 0 Å². The summed E-state index contributed by atoms with van der Waals surface area (Å²) in [6.07, 6.45) is 1.61. The first-order chi connectivity index (χ1) is 13.2. The van der Waals surface area contributed by atoms with Crippen molar-refractivity contribution in [3.05, 3.63) is 0 Å². The topological polar surface area (TPSA) is 95.5 Å². The van der Waals surface area contributed by atoms with Gasteiger partial charge in [0.2, 0.25) is 0 Å². The zero-order valence-corrected chi connectivity index (χ0v) is 19.1. The van der Waals surface area contributed by atoms with Gasteiger partial charge in [0.25, 0.3) is 0 Å². The quantitative estimate of drug-likeness (QED) is 0.329. The molecule has 156 valence electrons. The van der Waals surface area contributed by atoms with Crippen molar-refractivity contribution in [2.45, 2.75) is 54.7 Å². The Hall–Kier alpha value is -0.670. The van der Waals surface area contributed by atoms with Gasteiger partial charge in [-0.25, -0.2) is 4.79 Å². The molecule has 4 aliphatic rings. The van der Waals surface area contributed by atoms with E-state index in [1.54, 1.807) is 0 Å². The largest absolute Gasteiger partial charge is 0.459 e. The van der Waals surface area contributed by atoms with Gasteiger partial charge in [-0.15, -0.1) is 0 Å². The lowest BCUT2D eigenvalue weighted by molar-refractivity contribution is -0.665. The van der Waals surface area contributed by atoms with Crippen LogP contribution in [0.4, 0.5) is 0 Å². The fraction of sp³-hybridized carbons (Fsp3) is 0.842. The molecule has 0 spiro atoms. The van der Waals surface area contributed by atoms with Gasteiger partial charge < -0.3 is 19.5 Å². The number of halogens is 2. The Labute approximate surface area is 180 Å². The van der Waals surface area contributed by atoms with E-state index in [1.165, 1.54) is 0 Å². The second-order valence-electron chi connectivity index (χ2n) is 8.88. The van der Waals surface area contributed by atoms with E-state index >= 15 is 0 Å².